The van der Waals surface area contributed by atoms with Gasteiger partial charge in [0.25, 0.3) is 0 Å². The van der Waals surface area contributed by atoms with Gasteiger partial charge in [-0.1, -0.05) is 224 Å². The van der Waals surface area contributed by atoms with Gasteiger partial charge in [0.1, 0.15) is 0 Å². The Morgan fingerprint density at radius 1 is 0.338 bits per heavy atom. The molecule has 0 radical (unpaired) electrons. The highest BCUT2D eigenvalue weighted by Crippen LogP contribution is 2.45. The molecule has 348 valence electrons. The lowest BCUT2D eigenvalue weighted by Gasteiger charge is -2.21. The fourth-order valence-corrected chi connectivity index (χ4v) is 10.5. The number of aliphatic imine (C=N–C) groups is 2. The molecule has 11 aromatic carbocycles. The van der Waals surface area contributed by atoms with Crippen molar-refractivity contribution < 1.29 is 0 Å². The van der Waals surface area contributed by atoms with Gasteiger partial charge in [0, 0.05) is 55.7 Å². The predicted molar refractivity (Wildman–Crippen MR) is 311 cm³/mol. The molecule has 0 bridgehead atoms. The topological polar surface area (TPSA) is 58.4 Å². The Morgan fingerprint density at radius 3 is 1.30 bits per heavy atom. The molecule has 2 heterocycles. The highest BCUT2D eigenvalue weighted by atomic mass is 15.0. The summed E-state index contributed by atoms with van der Waals surface area (Å²) in [6.07, 6.45) is 1.82. The third-order valence-corrected chi connectivity index (χ3v) is 14.1. The molecule has 5 heteroatoms. The van der Waals surface area contributed by atoms with Crippen LogP contribution in [0.15, 0.2) is 283 Å². The van der Waals surface area contributed by atoms with Crippen molar-refractivity contribution in [3.8, 4) is 55.9 Å². The van der Waals surface area contributed by atoms with Gasteiger partial charge in [0.15, 0.2) is 11.7 Å². The van der Waals surface area contributed by atoms with Crippen LogP contribution < -0.4 is 0 Å². The summed E-state index contributed by atoms with van der Waals surface area (Å²) >= 11 is 0. The van der Waals surface area contributed by atoms with Gasteiger partial charge in [-0.2, -0.15) is 0 Å². The molecule has 13 aromatic rings. The van der Waals surface area contributed by atoms with E-state index in [4.69, 9.17) is 9.98 Å². The molecule has 74 heavy (non-hydrogen) atoms. The van der Waals surface area contributed by atoms with Gasteiger partial charge in [-0.05, 0) is 87.5 Å². The van der Waals surface area contributed by atoms with Crippen LogP contribution in [0.1, 0.15) is 16.7 Å². The minimum Gasteiger partial charge on any atom is -0.309 e. The van der Waals surface area contributed by atoms with Crippen LogP contribution in [0, 0.1) is 5.41 Å². The Labute approximate surface area is 429 Å². The summed E-state index contributed by atoms with van der Waals surface area (Å²) in [6, 6.07) is 95.9. The van der Waals surface area contributed by atoms with Crippen LogP contribution >= 0.6 is 0 Å². The standard InChI is InChI=1S/C69H47N5/c70-68(72-69(54-26-12-4-13-27-54)71-46-47-20-6-1-7-21-47)55-42-59(52-38-34-50(35-39-52)48-22-8-2-9-23-48)67(60(43-55)53-40-36-51(37-41-53)49-24-10-3-11-25-49)74-64-33-19-17-31-58(64)62-44-61-57-30-16-18-32-63(57)73(65(61)45-66(62)74)56-28-14-5-15-29-56/h1-46,70H. The number of para-hydroxylation sites is 3. The van der Waals surface area contributed by atoms with Gasteiger partial charge in [0.05, 0.1) is 27.8 Å². The predicted octanol–water partition coefficient (Wildman–Crippen LogP) is 17.4. The maximum absolute atomic E-state index is 9.99. The second-order valence-electron chi connectivity index (χ2n) is 18.6. The summed E-state index contributed by atoms with van der Waals surface area (Å²) in [4.78, 5) is 10.0. The zero-order valence-corrected chi connectivity index (χ0v) is 40.3. The zero-order valence-electron chi connectivity index (χ0n) is 40.3. The summed E-state index contributed by atoms with van der Waals surface area (Å²) in [5.74, 6) is 0.549. The van der Waals surface area contributed by atoms with Crippen LogP contribution in [0.2, 0.25) is 0 Å². The third kappa shape index (κ3) is 8.09. The largest absolute Gasteiger partial charge is 0.309 e. The lowest BCUT2D eigenvalue weighted by atomic mass is 9.91. The molecule has 0 saturated heterocycles. The summed E-state index contributed by atoms with van der Waals surface area (Å²) < 4.78 is 4.86. The van der Waals surface area contributed by atoms with Crippen LogP contribution in [0.5, 0.6) is 0 Å². The van der Waals surface area contributed by atoms with Crippen LogP contribution in [0.25, 0.3) is 99.5 Å². The first-order valence-electron chi connectivity index (χ1n) is 25.0. The Hall–Kier alpha value is -9.97. The number of nitrogens with one attached hydrogen (secondary N) is 1. The fraction of sp³-hybridized carbons (Fsp3) is 0. The molecule has 0 aliphatic heterocycles. The first-order valence-corrected chi connectivity index (χ1v) is 25.0. The number of aromatic nitrogens is 2. The Balaban J connectivity index is 1.12. The van der Waals surface area contributed by atoms with Gasteiger partial charge in [-0.25, -0.2) is 9.98 Å². The van der Waals surface area contributed by atoms with Crippen molar-refractivity contribution >= 4 is 61.5 Å². The van der Waals surface area contributed by atoms with E-state index in [1.807, 2.05) is 66.9 Å². The van der Waals surface area contributed by atoms with Crippen molar-refractivity contribution in [1.82, 2.24) is 9.13 Å². The SMILES string of the molecule is N=C(N=C(N=Cc1ccccc1)c1ccccc1)c1cc(-c2ccc(-c3ccccc3)cc2)c(-n2c3ccccc3c3cc4c5ccccc5n(-c5ccccc5)c4cc32)c(-c2ccc(-c3ccccc3)cc2)c1. The van der Waals surface area contributed by atoms with Gasteiger partial charge < -0.3 is 9.13 Å². The number of fused-ring (bicyclic) bond motifs is 6. The van der Waals surface area contributed by atoms with E-state index in [0.29, 0.717) is 11.4 Å². The van der Waals surface area contributed by atoms with E-state index in [1.165, 1.54) is 10.8 Å². The summed E-state index contributed by atoms with van der Waals surface area (Å²) in [5.41, 5.74) is 17.4. The number of rotatable bonds is 9. The molecule has 0 saturated carbocycles. The summed E-state index contributed by atoms with van der Waals surface area (Å²) in [6.45, 7) is 0. The zero-order chi connectivity index (χ0) is 49.4. The quantitative estimate of drug-likeness (QED) is 0.111. The van der Waals surface area contributed by atoms with Crippen molar-refractivity contribution in [1.29, 1.82) is 5.41 Å². The molecule has 13 rings (SSSR count). The number of amidine groups is 2. The maximum atomic E-state index is 9.99. The highest BCUT2D eigenvalue weighted by molar-refractivity contribution is 6.20. The number of nitrogens with zero attached hydrogens (tertiary/aromatic N) is 4. The van der Waals surface area contributed by atoms with Crippen molar-refractivity contribution in [3.05, 3.63) is 290 Å². The van der Waals surface area contributed by atoms with Gasteiger partial charge in [0.2, 0.25) is 0 Å². The molecule has 5 nitrogen and oxygen atoms in total. The molecule has 0 atom stereocenters. The van der Waals surface area contributed by atoms with E-state index < -0.39 is 0 Å². The van der Waals surface area contributed by atoms with Crippen LogP contribution in [-0.2, 0) is 0 Å². The van der Waals surface area contributed by atoms with Crippen molar-refractivity contribution in [2.24, 2.45) is 9.98 Å². The molecular weight excluding hydrogens is 899 g/mol. The van der Waals surface area contributed by atoms with Crippen LogP contribution in [0.3, 0.4) is 0 Å². The maximum Gasteiger partial charge on any atom is 0.161 e. The molecular formula is C69H47N5. The average Bonchev–Trinajstić information content (AvgIpc) is 3.98. The normalized spacial score (nSPS) is 11.9. The summed E-state index contributed by atoms with van der Waals surface area (Å²) in [5, 5.41) is 14.7. The van der Waals surface area contributed by atoms with E-state index in [9.17, 15) is 5.41 Å². The molecule has 0 unspecified atom stereocenters. The molecule has 2 aromatic heterocycles. The van der Waals surface area contributed by atoms with Crippen molar-refractivity contribution in [2.45, 2.75) is 0 Å². The number of benzene rings is 11. The molecule has 0 aliphatic rings. The Morgan fingerprint density at radius 2 is 0.757 bits per heavy atom. The fourth-order valence-electron chi connectivity index (χ4n) is 10.5. The van der Waals surface area contributed by atoms with Crippen molar-refractivity contribution in [3.63, 3.8) is 0 Å². The van der Waals surface area contributed by atoms with E-state index in [-0.39, 0.29) is 5.84 Å². The highest BCUT2D eigenvalue weighted by Gasteiger charge is 2.24. The van der Waals surface area contributed by atoms with E-state index >= 15 is 0 Å². The first kappa shape index (κ1) is 44.0. The minimum atomic E-state index is 0.0984. The van der Waals surface area contributed by atoms with Crippen LogP contribution in [-0.4, -0.2) is 27.0 Å². The third-order valence-electron chi connectivity index (χ3n) is 14.1. The van der Waals surface area contributed by atoms with E-state index in [0.717, 1.165) is 99.8 Å². The second-order valence-corrected chi connectivity index (χ2v) is 18.6. The molecule has 0 spiro atoms. The van der Waals surface area contributed by atoms with Gasteiger partial charge >= 0.3 is 0 Å². The lowest BCUT2D eigenvalue weighted by Crippen LogP contribution is -2.07. The Bertz CT molecular complexity index is 4150. The Kier molecular flexibility index (Phi) is 11.3. The first-order chi connectivity index (χ1) is 36.6. The lowest BCUT2D eigenvalue weighted by molar-refractivity contribution is 1.17. The molecule has 0 fully saturated rings. The van der Waals surface area contributed by atoms with Crippen molar-refractivity contribution in [2.75, 3.05) is 0 Å². The van der Waals surface area contributed by atoms with E-state index in [2.05, 4.69) is 221 Å². The molecule has 1 N–H and O–H groups in total. The van der Waals surface area contributed by atoms with Gasteiger partial charge in [-0.3, -0.25) is 5.41 Å². The number of hydrogen-bond acceptors (Lipinski definition) is 1. The second kappa shape index (κ2) is 19.0. The van der Waals surface area contributed by atoms with E-state index in [1.54, 1.807) is 0 Å². The number of hydrogen-bond donors (Lipinski definition) is 1. The van der Waals surface area contributed by atoms with Crippen LogP contribution in [0.4, 0.5) is 0 Å². The monoisotopic (exact) mass is 945 g/mol. The summed E-state index contributed by atoms with van der Waals surface area (Å²) in [7, 11) is 0. The molecule has 0 aliphatic carbocycles. The molecule has 0 amide bonds. The minimum absolute atomic E-state index is 0.0984. The van der Waals surface area contributed by atoms with Gasteiger partial charge in [-0.15, -0.1) is 0 Å². The average molecular weight is 946 g/mol. The smallest absolute Gasteiger partial charge is 0.161 e.